The molecule has 0 spiro atoms. The summed E-state index contributed by atoms with van der Waals surface area (Å²) in [7, 11) is 0. The molecule has 0 aliphatic rings. The molecule has 0 fully saturated rings. The van der Waals surface area contributed by atoms with Gasteiger partial charge in [-0.1, -0.05) is 60.7 Å². The van der Waals surface area contributed by atoms with E-state index in [1.807, 2.05) is 98.8 Å². The van der Waals surface area contributed by atoms with Crippen LogP contribution >= 0.6 is 0 Å². The lowest BCUT2D eigenvalue weighted by Gasteiger charge is -2.22. The van der Waals surface area contributed by atoms with Crippen LogP contribution in [0.5, 0.6) is 23.0 Å². The van der Waals surface area contributed by atoms with Crippen LogP contribution in [0.4, 0.5) is 22.7 Å². The predicted molar refractivity (Wildman–Crippen MR) is 279 cm³/mol. The van der Waals surface area contributed by atoms with E-state index in [9.17, 15) is 19.2 Å². The van der Waals surface area contributed by atoms with Gasteiger partial charge in [-0.05, 0) is 171 Å². The molecule has 0 amide bonds. The molecule has 376 valence electrons. The third-order valence-corrected chi connectivity index (χ3v) is 11.0. The quantitative estimate of drug-likeness (QED) is 0.0358. The summed E-state index contributed by atoms with van der Waals surface area (Å²) in [6.45, 7) is 4.81. The molecule has 0 radical (unpaired) electrons. The summed E-state index contributed by atoms with van der Waals surface area (Å²) in [5, 5.41) is 16.9. The van der Waals surface area contributed by atoms with E-state index in [4.69, 9.17) is 33.2 Å². The summed E-state index contributed by atoms with van der Waals surface area (Å²) in [5.74, 6) is -0.546. The van der Waals surface area contributed by atoms with E-state index < -0.39 is 36.1 Å². The summed E-state index contributed by atoms with van der Waals surface area (Å²) < 4.78 is 40.2. The smallest absolute Gasteiger partial charge is 0.343 e. The zero-order valence-corrected chi connectivity index (χ0v) is 40.9. The molecule has 0 bridgehead atoms. The Labute approximate surface area is 433 Å². The van der Waals surface area contributed by atoms with Crippen molar-refractivity contribution in [3.63, 3.8) is 0 Å². The maximum absolute atomic E-state index is 13.6. The van der Waals surface area contributed by atoms with Crippen molar-refractivity contribution in [1.82, 2.24) is 0 Å². The highest BCUT2D eigenvalue weighted by Crippen LogP contribution is 2.28. The SMILES string of the molecule is CCOc1ccc(N=Nc2ccc(C(=O)Oc3ccc(C(=O)O[C@H](COC[C@@H](OC(=O)c4ccc(OC(=O)c5ccc(N=Nc6ccc(OCC)cc6)cc5)cc4)c4ccccc4)c4ccccc4)cc3)cc2)cc1. The van der Waals surface area contributed by atoms with Gasteiger partial charge in [0.15, 0.2) is 12.2 Å². The van der Waals surface area contributed by atoms with Crippen molar-refractivity contribution in [2.24, 2.45) is 20.5 Å². The van der Waals surface area contributed by atoms with Crippen LogP contribution in [0.25, 0.3) is 0 Å². The highest BCUT2D eigenvalue weighted by Gasteiger charge is 2.23. The molecule has 15 nitrogen and oxygen atoms in total. The Morgan fingerprint density at radius 2 is 0.627 bits per heavy atom. The first-order chi connectivity index (χ1) is 36.7. The van der Waals surface area contributed by atoms with Crippen molar-refractivity contribution in [2.75, 3.05) is 26.4 Å². The minimum atomic E-state index is -0.847. The minimum absolute atomic E-state index is 0.0786. The molecule has 0 saturated carbocycles. The highest BCUT2D eigenvalue weighted by molar-refractivity contribution is 5.93. The molecule has 8 aromatic rings. The first-order valence-corrected chi connectivity index (χ1v) is 23.9. The molecule has 8 aromatic carbocycles. The maximum atomic E-state index is 13.6. The summed E-state index contributed by atoms with van der Waals surface area (Å²) >= 11 is 0. The highest BCUT2D eigenvalue weighted by atomic mass is 16.6. The minimum Gasteiger partial charge on any atom is -0.494 e. The third-order valence-electron chi connectivity index (χ3n) is 11.0. The molecular formula is C60H50N4O11. The van der Waals surface area contributed by atoms with Crippen LogP contribution in [0, 0.1) is 0 Å². The van der Waals surface area contributed by atoms with Crippen molar-refractivity contribution in [2.45, 2.75) is 26.1 Å². The van der Waals surface area contributed by atoms with Gasteiger partial charge < -0.3 is 33.2 Å². The Balaban J connectivity index is 0.832. The van der Waals surface area contributed by atoms with Crippen molar-refractivity contribution in [3.05, 3.63) is 240 Å². The van der Waals surface area contributed by atoms with Gasteiger partial charge in [0.25, 0.3) is 0 Å². The molecule has 15 heteroatoms. The molecule has 0 aliphatic heterocycles. The lowest BCUT2D eigenvalue weighted by atomic mass is 10.1. The van der Waals surface area contributed by atoms with Crippen LogP contribution in [-0.2, 0) is 14.2 Å². The second kappa shape index (κ2) is 26.2. The van der Waals surface area contributed by atoms with Crippen LogP contribution in [0.15, 0.2) is 227 Å². The Bertz CT molecular complexity index is 2970. The molecule has 0 saturated heterocycles. The van der Waals surface area contributed by atoms with E-state index in [-0.39, 0.29) is 35.8 Å². The second-order valence-corrected chi connectivity index (χ2v) is 16.3. The van der Waals surface area contributed by atoms with Crippen LogP contribution in [0.2, 0.25) is 0 Å². The molecule has 0 N–H and O–H groups in total. The lowest BCUT2D eigenvalue weighted by molar-refractivity contribution is -0.0363. The number of nitrogens with zero attached hydrogens (tertiary/aromatic N) is 4. The monoisotopic (exact) mass is 1000 g/mol. The van der Waals surface area contributed by atoms with Crippen molar-refractivity contribution < 1.29 is 52.3 Å². The number of azo groups is 2. The fourth-order valence-electron chi connectivity index (χ4n) is 7.17. The number of benzene rings is 8. The van der Waals surface area contributed by atoms with Crippen molar-refractivity contribution >= 4 is 46.6 Å². The normalized spacial score (nSPS) is 11.9. The number of carbonyl (C=O) groups is 4. The van der Waals surface area contributed by atoms with Gasteiger partial charge in [-0.3, -0.25) is 0 Å². The number of ether oxygens (including phenoxy) is 7. The lowest BCUT2D eigenvalue weighted by Crippen LogP contribution is -2.21. The number of rotatable bonds is 22. The Hall–Kier alpha value is -9.60. The molecule has 0 aromatic heterocycles. The van der Waals surface area contributed by atoms with E-state index in [1.54, 1.807) is 72.8 Å². The average Bonchev–Trinajstić information content (AvgIpc) is 3.45. The summed E-state index contributed by atoms with van der Waals surface area (Å²) in [4.78, 5) is 53.1. The summed E-state index contributed by atoms with van der Waals surface area (Å²) in [6, 6.07) is 57.6. The molecule has 0 heterocycles. The number of hydrogen-bond donors (Lipinski definition) is 0. The first-order valence-electron chi connectivity index (χ1n) is 23.9. The third kappa shape index (κ3) is 15.2. The van der Waals surface area contributed by atoms with Crippen LogP contribution < -0.4 is 18.9 Å². The van der Waals surface area contributed by atoms with Gasteiger partial charge in [-0.2, -0.15) is 20.5 Å². The number of hydrogen-bond acceptors (Lipinski definition) is 15. The van der Waals surface area contributed by atoms with Gasteiger partial charge in [0.05, 0.1) is 71.4 Å². The Morgan fingerprint density at radius 1 is 0.347 bits per heavy atom. The standard InChI is InChI=1S/C60H50N4O11/c1-3-70-51-35-27-49(28-36-51)63-61-47-23-15-43(16-24-47)57(65)72-53-31-19-45(20-32-53)59(67)74-55(41-11-7-5-8-12-41)39-69-40-56(42-13-9-6-10-14-42)75-60(68)46-21-33-54(34-22-46)73-58(66)44-17-25-48(26-18-44)62-64-50-29-37-52(38-30-50)71-4-2/h5-38,55-56H,3-4,39-40H2,1-2H3/t55-,56-/m1/s1. The van der Waals surface area contributed by atoms with Gasteiger partial charge in [0.1, 0.15) is 23.0 Å². The van der Waals surface area contributed by atoms with E-state index in [1.165, 1.54) is 48.5 Å². The second-order valence-electron chi connectivity index (χ2n) is 16.3. The molecule has 75 heavy (non-hydrogen) atoms. The van der Waals surface area contributed by atoms with Crippen LogP contribution in [-0.4, -0.2) is 50.3 Å². The summed E-state index contributed by atoms with van der Waals surface area (Å²) in [5.41, 5.74) is 4.76. The van der Waals surface area contributed by atoms with Crippen molar-refractivity contribution in [3.8, 4) is 23.0 Å². The molecular weight excluding hydrogens is 953 g/mol. The van der Waals surface area contributed by atoms with Gasteiger partial charge >= 0.3 is 23.9 Å². The van der Waals surface area contributed by atoms with E-state index in [0.29, 0.717) is 58.2 Å². The molecule has 2 atom stereocenters. The van der Waals surface area contributed by atoms with Crippen LogP contribution in [0.3, 0.4) is 0 Å². The van der Waals surface area contributed by atoms with Crippen LogP contribution in [0.1, 0.15) is 78.6 Å². The molecule has 0 aliphatic carbocycles. The number of carbonyl (C=O) groups excluding carboxylic acids is 4. The van der Waals surface area contributed by atoms with E-state index in [0.717, 1.165) is 11.5 Å². The Kier molecular flexibility index (Phi) is 18.1. The topological polar surface area (TPSA) is 182 Å². The first kappa shape index (κ1) is 51.7. The molecule has 0 unspecified atom stereocenters. The fourth-order valence-corrected chi connectivity index (χ4v) is 7.17. The summed E-state index contributed by atoms with van der Waals surface area (Å²) in [6.07, 6.45) is -1.69. The predicted octanol–water partition coefficient (Wildman–Crippen LogP) is 14.3. The maximum Gasteiger partial charge on any atom is 0.343 e. The van der Waals surface area contributed by atoms with Crippen molar-refractivity contribution in [1.29, 1.82) is 0 Å². The number of esters is 4. The Morgan fingerprint density at radius 3 is 0.947 bits per heavy atom. The average molecular weight is 1000 g/mol. The zero-order valence-electron chi connectivity index (χ0n) is 40.9. The van der Waals surface area contributed by atoms with Gasteiger partial charge in [-0.15, -0.1) is 0 Å². The van der Waals surface area contributed by atoms with E-state index in [2.05, 4.69) is 20.5 Å². The van der Waals surface area contributed by atoms with Gasteiger partial charge in [0.2, 0.25) is 0 Å². The molecule has 8 rings (SSSR count). The van der Waals surface area contributed by atoms with E-state index >= 15 is 0 Å². The zero-order chi connectivity index (χ0) is 52.2. The fraction of sp³-hybridized carbons (Fsp3) is 0.133. The van der Waals surface area contributed by atoms with Gasteiger partial charge in [-0.25, -0.2) is 19.2 Å². The van der Waals surface area contributed by atoms with Gasteiger partial charge in [0, 0.05) is 0 Å². The largest absolute Gasteiger partial charge is 0.494 e.